The minimum absolute atomic E-state index is 0.0222. The van der Waals surface area contributed by atoms with Crippen LogP contribution in [-0.4, -0.2) is 24.7 Å². The van der Waals surface area contributed by atoms with E-state index in [0.717, 1.165) is 35.4 Å². The average Bonchev–Trinajstić information content (AvgIpc) is 2.93. The van der Waals surface area contributed by atoms with Gasteiger partial charge in [-0.3, -0.25) is 4.79 Å². The van der Waals surface area contributed by atoms with Crippen LogP contribution in [-0.2, 0) is 17.8 Å². The number of nitrogens with one attached hydrogen (secondary N) is 1. The largest absolute Gasteiger partial charge is 0.488 e. The molecule has 120 valence electrons. The van der Waals surface area contributed by atoms with E-state index in [9.17, 15) is 4.79 Å². The van der Waals surface area contributed by atoms with E-state index < -0.39 is 5.97 Å². The molecule has 1 aliphatic rings. The third kappa shape index (κ3) is 3.46. The Morgan fingerprint density at radius 2 is 2.30 bits per heavy atom. The summed E-state index contributed by atoms with van der Waals surface area (Å²) in [4.78, 5) is 12.2. The predicted molar refractivity (Wildman–Crippen MR) is 92.1 cm³/mol. The number of aliphatic carboxylic acids is 1. The quantitative estimate of drug-likeness (QED) is 0.826. The summed E-state index contributed by atoms with van der Waals surface area (Å²) in [7, 11) is 1.93. The van der Waals surface area contributed by atoms with Crippen molar-refractivity contribution in [1.82, 2.24) is 5.32 Å². The first-order valence-corrected chi connectivity index (χ1v) is 8.46. The average molecular weight is 329 g/mol. The van der Waals surface area contributed by atoms with Crippen molar-refractivity contribution in [3.05, 3.63) is 57.3 Å². The molecule has 2 aromatic rings. The van der Waals surface area contributed by atoms with Crippen LogP contribution >= 0.6 is 11.3 Å². The van der Waals surface area contributed by atoms with E-state index in [1.165, 1.54) is 10.4 Å². The lowest BCUT2D eigenvalue weighted by Crippen LogP contribution is -2.06. The van der Waals surface area contributed by atoms with E-state index >= 15 is 0 Å². The van der Waals surface area contributed by atoms with E-state index in [1.807, 2.05) is 25.2 Å². The molecule has 4 nitrogen and oxygen atoms in total. The number of hydrogen-bond acceptors (Lipinski definition) is 4. The summed E-state index contributed by atoms with van der Waals surface area (Å²) in [5, 5.41) is 14.3. The van der Waals surface area contributed by atoms with E-state index in [4.69, 9.17) is 9.84 Å². The number of carboxylic acid groups (broad SMARTS) is 1. The Morgan fingerprint density at radius 3 is 3.09 bits per heavy atom. The molecule has 3 rings (SSSR count). The lowest BCUT2D eigenvalue weighted by atomic mass is 9.97. The summed E-state index contributed by atoms with van der Waals surface area (Å²) >= 11 is 1.70. The van der Waals surface area contributed by atoms with Gasteiger partial charge in [-0.25, -0.2) is 0 Å². The van der Waals surface area contributed by atoms with Gasteiger partial charge < -0.3 is 15.2 Å². The van der Waals surface area contributed by atoms with Crippen LogP contribution in [0.5, 0.6) is 5.75 Å². The van der Waals surface area contributed by atoms with Gasteiger partial charge in [-0.15, -0.1) is 11.3 Å². The maximum atomic E-state index is 11.0. The minimum atomic E-state index is -0.822. The van der Waals surface area contributed by atoms with Crippen LogP contribution in [0.2, 0.25) is 0 Å². The topological polar surface area (TPSA) is 58.6 Å². The highest BCUT2D eigenvalue weighted by atomic mass is 32.1. The number of ether oxygens (including phenoxy) is 1. The van der Waals surface area contributed by atoms with Crippen LogP contribution in [0.4, 0.5) is 0 Å². The van der Waals surface area contributed by atoms with E-state index in [1.54, 1.807) is 11.3 Å². The molecule has 0 bridgehead atoms. The first kappa shape index (κ1) is 15.8. The summed E-state index contributed by atoms with van der Waals surface area (Å²) in [6.07, 6.45) is 3.14. The molecule has 1 aromatic carbocycles. The molecule has 1 aliphatic heterocycles. The van der Waals surface area contributed by atoms with Gasteiger partial charge in [-0.05, 0) is 54.7 Å². The normalized spacial score (nSPS) is 14.7. The number of carbonyl (C=O) groups is 1. The molecule has 1 aromatic heterocycles. The van der Waals surface area contributed by atoms with Crippen LogP contribution in [0.1, 0.15) is 28.0 Å². The second-order valence-electron chi connectivity index (χ2n) is 5.47. The molecule has 0 saturated heterocycles. The zero-order chi connectivity index (χ0) is 16.2. The molecule has 0 spiro atoms. The van der Waals surface area contributed by atoms with Gasteiger partial charge in [0.1, 0.15) is 12.4 Å². The second-order valence-corrected chi connectivity index (χ2v) is 6.39. The van der Waals surface area contributed by atoms with Crippen LogP contribution in [0.15, 0.2) is 35.7 Å². The lowest BCUT2D eigenvalue weighted by Gasteiger charge is -2.11. The lowest BCUT2D eigenvalue weighted by molar-refractivity contribution is -0.136. The molecule has 5 heteroatoms. The summed E-state index contributed by atoms with van der Waals surface area (Å²) < 4.78 is 5.93. The van der Waals surface area contributed by atoms with Crippen molar-refractivity contribution in [1.29, 1.82) is 0 Å². The summed E-state index contributed by atoms with van der Waals surface area (Å²) in [5.74, 6) is -0.00439. The molecule has 23 heavy (non-hydrogen) atoms. The third-order valence-corrected chi connectivity index (χ3v) is 4.80. The molecule has 2 heterocycles. The number of fused-ring (bicyclic) bond motifs is 2. The maximum Gasteiger partial charge on any atom is 0.307 e. The van der Waals surface area contributed by atoms with Crippen molar-refractivity contribution >= 4 is 22.9 Å². The number of carboxylic acids is 1. The first-order valence-electron chi connectivity index (χ1n) is 7.58. The maximum absolute atomic E-state index is 11.0. The van der Waals surface area contributed by atoms with Crippen LogP contribution in [0.3, 0.4) is 0 Å². The van der Waals surface area contributed by atoms with Gasteiger partial charge in [-0.2, -0.15) is 0 Å². The molecule has 0 atom stereocenters. The Balaban J connectivity index is 2.07. The van der Waals surface area contributed by atoms with Crippen molar-refractivity contribution in [2.24, 2.45) is 0 Å². The molecule has 2 N–H and O–H groups in total. The van der Waals surface area contributed by atoms with Crippen molar-refractivity contribution in [2.75, 3.05) is 13.6 Å². The van der Waals surface area contributed by atoms with E-state index in [-0.39, 0.29) is 6.42 Å². The zero-order valence-corrected chi connectivity index (χ0v) is 13.8. The highest BCUT2D eigenvalue weighted by Crippen LogP contribution is 2.40. The zero-order valence-electron chi connectivity index (χ0n) is 13.0. The Labute approximate surface area is 139 Å². The fraction of sp³-hybridized carbons (Fsp3) is 0.278. The summed E-state index contributed by atoms with van der Waals surface area (Å²) in [5.41, 5.74) is 4.10. The number of thiophene rings is 1. The van der Waals surface area contributed by atoms with E-state index in [0.29, 0.717) is 6.61 Å². The number of hydrogen-bond donors (Lipinski definition) is 2. The molecule has 0 aliphatic carbocycles. The fourth-order valence-electron chi connectivity index (χ4n) is 2.73. The smallest absolute Gasteiger partial charge is 0.307 e. The summed E-state index contributed by atoms with van der Waals surface area (Å²) in [6.45, 7) is 1.45. The second kappa shape index (κ2) is 6.98. The van der Waals surface area contributed by atoms with Crippen LogP contribution in [0, 0.1) is 0 Å². The van der Waals surface area contributed by atoms with Crippen molar-refractivity contribution < 1.29 is 14.6 Å². The number of benzene rings is 1. The predicted octanol–water partition coefficient (Wildman–Crippen LogP) is 3.31. The van der Waals surface area contributed by atoms with Gasteiger partial charge in [-0.1, -0.05) is 12.1 Å². The fourth-order valence-corrected chi connectivity index (χ4v) is 3.69. The molecule has 0 saturated carbocycles. The van der Waals surface area contributed by atoms with Gasteiger partial charge in [0.05, 0.1) is 6.42 Å². The monoisotopic (exact) mass is 329 g/mol. The highest BCUT2D eigenvalue weighted by Gasteiger charge is 2.20. The van der Waals surface area contributed by atoms with Gasteiger partial charge in [0.15, 0.2) is 0 Å². The third-order valence-electron chi connectivity index (χ3n) is 3.81. The molecule has 0 fully saturated rings. The first-order chi connectivity index (χ1) is 11.2. The van der Waals surface area contributed by atoms with E-state index in [2.05, 4.69) is 22.8 Å². The Hall–Kier alpha value is -2.11. The van der Waals surface area contributed by atoms with Gasteiger partial charge in [0.2, 0.25) is 0 Å². The Bertz CT molecular complexity index is 748. The van der Waals surface area contributed by atoms with Gasteiger partial charge >= 0.3 is 5.97 Å². The summed E-state index contributed by atoms with van der Waals surface area (Å²) in [6, 6.07) is 7.76. The van der Waals surface area contributed by atoms with Crippen molar-refractivity contribution in [2.45, 2.75) is 19.4 Å². The standard InChI is InChI=1S/C18H19NO3S/c1-19-7-2-3-14-15-9-12(10-17(20)21)4-5-16(15)22-11-13-6-8-23-18(13)14/h3-6,8-9,19H,2,7,10-11H2,1H3,(H,20,21)/b14-3+. The van der Waals surface area contributed by atoms with Crippen LogP contribution < -0.4 is 10.1 Å². The molecule has 0 unspecified atom stereocenters. The molecule has 0 amide bonds. The SMILES string of the molecule is CNCC/C=C1\c2cc(CC(=O)O)ccc2OCc2ccsc21. The molecular weight excluding hydrogens is 310 g/mol. The molecular formula is C18H19NO3S. The van der Waals surface area contributed by atoms with Gasteiger partial charge in [0, 0.05) is 16.0 Å². The number of rotatable bonds is 5. The van der Waals surface area contributed by atoms with Crippen LogP contribution in [0.25, 0.3) is 5.57 Å². The Morgan fingerprint density at radius 1 is 1.43 bits per heavy atom. The highest BCUT2D eigenvalue weighted by molar-refractivity contribution is 7.11. The van der Waals surface area contributed by atoms with Crippen molar-refractivity contribution in [3.63, 3.8) is 0 Å². The minimum Gasteiger partial charge on any atom is -0.488 e. The molecule has 0 radical (unpaired) electrons. The van der Waals surface area contributed by atoms with Gasteiger partial charge in [0.25, 0.3) is 0 Å². The van der Waals surface area contributed by atoms with Crippen molar-refractivity contribution in [3.8, 4) is 5.75 Å². The Kier molecular flexibility index (Phi) is 4.79.